The quantitative estimate of drug-likeness (QED) is 0.320. The van der Waals surface area contributed by atoms with E-state index in [1.165, 1.54) is 6.20 Å². The second kappa shape index (κ2) is 12.2. The number of aliphatic imine (C=N–C) groups is 1. The lowest BCUT2D eigenvalue weighted by Gasteiger charge is -2.16. The van der Waals surface area contributed by atoms with Crippen molar-refractivity contribution < 1.29 is 14.3 Å². The first-order chi connectivity index (χ1) is 14.1. The number of amides is 1. The number of hydrogen-bond donors (Lipinski definition) is 3. The molecule has 2 rings (SSSR count). The summed E-state index contributed by atoms with van der Waals surface area (Å²) in [6.07, 6.45) is 3.04. The molecule has 0 saturated carbocycles. The lowest BCUT2D eigenvalue weighted by Crippen LogP contribution is -2.42. The van der Waals surface area contributed by atoms with Gasteiger partial charge in [-0.3, -0.25) is 9.78 Å². The third-order valence-electron chi connectivity index (χ3n) is 3.87. The minimum atomic E-state index is -0.152. The van der Waals surface area contributed by atoms with Crippen LogP contribution in [0.4, 0.5) is 0 Å². The van der Waals surface area contributed by atoms with Gasteiger partial charge >= 0.3 is 0 Å². The third kappa shape index (κ3) is 7.69. The highest BCUT2D eigenvalue weighted by atomic mass is 16.5. The topological polar surface area (TPSA) is 96.9 Å². The molecule has 1 aromatic heterocycles. The minimum absolute atomic E-state index is 0.132. The van der Waals surface area contributed by atoms with E-state index < -0.39 is 0 Å². The number of guanidine groups is 1. The van der Waals surface area contributed by atoms with Crippen molar-refractivity contribution in [2.75, 3.05) is 33.3 Å². The largest absolute Gasteiger partial charge is 0.493 e. The third-order valence-corrected chi connectivity index (χ3v) is 3.87. The Morgan fingerprint density at radius 1 is 1.10 bits per heavy atom. The molecule has 29 heavy (non-hydrogen) atoms. The Balaban J connectivity index is 1.78. The summed E-state index contributed by atoms with van der Waals surface area (Å²) in [7, 11) is 1.62. The van der Waals surface area contributed by atoms with Crippen molar-refractivity contribution in [3.63, 3.8) is 0 Å². The van der Waals surface area contributed by atoms with Crippen LogP contribution in [0.2, 0.25) is 0 Å². The predicted octanol–water partition coefficient (Wildman–Crippen LogP) is 1.84. The van der Waals surface area contributed by atoms with Crippen LogP contribution in [0.5, 0.6) is 11.5 Å². The van der Waals surface area contributed by atoms with Gasteiger partial charge in [-0.2, -0.15) is 0 Å². The molecule has 1 heterocycles. The normalized spacial score (nSPS) is 12.0. The van der Waals surface area contributed by atoms with Crippen LogP contribution >= 0.6 is 0 Å². The van der Waals surface area contributed by atoms with E-state index >= 15 is 0 Å². The van der Waals surface area contributed by atoms with Crippen LogP contribution in [-0.4, -0.2) is 56.2 Å². The van der Waals surface area contributed by atoms with Gasteiger partial charge in [0.2, 0.25) is 0 Å². The van der Waals surface area contributed by atoms with E-state index in [2.05, 4.69) is 25.9 Å². The molecule has 0 aliphatic carbocycles. The summed E-state index contributed by atoms with van der Waals surface area (Å²) in [6.45, 7) is 6.15. The Kier molecular flexibility index (Phi) is 9.28. The molecule has 0 bridgehead atoms. The van der Waals surface area contributed by atoms with Crippen LogP contribution in [-0.2, 0) is 0 Å². The number of methoxy groups -OCH3 is 1. The lowest BCUT2D eigenvalue weighted by molar-refractivity contribution is 0.0954. The van der Waals surface area contributed by atoms with Gasteiger partial charge in [0.25, 0.3) is 5.91 Å². The zero-order valence-electron chi connectivity index (χ0n) is 17.1. The molecule has 0 radical (unpaired) electrons. The highest BCUT2D eigenvalue weighted by Gasteiger charge is 2.09. The maximum atomic E-state index is 12.0. The number of carbonyl (C=O) groups is 1. The molecule has 3 N–H and O–H groups in total. The van der Waals surface area contributed by atoms with Gasteiger partial charge in [0.15, 0.2) is 17.5 Å². The van der Waals surface area contributed by atoms with Crippen LogP contribution in [0.1, 0.15) is 24.2 Å². The summed E-state index contributed by atoms with van der Waals surface area (Å²) in [4.78, 5) is 20.5. The van der Waals surface area contributed by atoms with E-state index in [4.69, 9.17) is 9.47 Å². The number of rotatable bonds is 10. The predicted molar refractivity (Wildman–Crippen MR) is 114 cm³/mol. The van der Waals surface area contributed by atoms with E-state index in [0.717, 1.165) is 6.54 Å². The Morgan fingerprint density at radius 2 is 1.86 bits per heavy atom. The molecule has 1 unspecified atom stereocenters. The second-order valence-electron chi connectivity index (χ2n) is 6.22. The van der Waals surface area contributed by atoms with Crippen molar-refractivity contribution in [1.82, 2.24) is 20.9 Å². The Morgan fingerprint density at radius 3 is 2.55 bits per heavy atom. The average molecular weight is 399 g/mol. The molecule has 8 nitrogen and oxygen atoms in total. The number of hydrogen-bond acceptors (Lipinski definition) is 5. The van der Waals surface area contributed by atoms with Crippen molar-refractivity contribution >= 4 is 11.9 Å². The van der Waals surface area contributed by atoms with Crippen LogP contribution in [0.15, 0.2) is 53.8 Å². The Bertz CT molecular complexity index is 783. The van der Waals surface area contributed by atoms with Gasteiger partial charge in [0, 0.05) is 32.0 Å². The number of benzene rings is 1. The van der Waals surface area contributed by atoms with Gasteiger partial charge in [-0.05, 0) is 38.1 Å². The first-order valence-electron chi connectivity index (χ1n) is 9.64. The molecule has 156 valence electrons. The molecule has 1 atom stereocenters. The van der Waals surface area contributed by atoms with Crippen LogP contribution in [0, 0.1) is 0 Å². The molecule has 1 amide bonds. The highest BCUT2D eigenvalue weighted by molar-refractivity contribution is 5.93. The molecule has 1 aromatic carbocycles. The summed E-state index contributed by atoms with van der Waals surface area (Å²) in [5, 5.41) is 9.22. The standard InChI is InChI=1S/C21H29N5O3/c1-4-23-21(25-13-12-24-20(27)17-8-7-11-22-15-17)26-14-16(2)29-19-10-6-5-9-18(19)28-3/h5-11,15-16H,4,12-14H2,1-3H3,(H,24,27)(H2,23,25,26). The van der Waals surface area contributed by atoms with E-state index in [1.54, 1.807) is 25.4 Å². The smallest absolute Gasteiger partial charge is 0.252 e. The fourth-order valence-electron chi connectivity index (χ4n) is 2.49. The van der Waals surface area contributed by atoms with Gasteiger partial charge in [0.1, 0.15) is 6.10 Å². The molecular formula is C21H29N5O3. The zero-order valence-corrected chi connectivity index (χ0v) is 17.1. The van der Waals surface area contributed by atoms with Crippen LogP contribution in [0.3, 0.4) is 0 Å². The van der Waals surface area contributed by atoms with Crippen molar-refractivity contribution in [2.45, 2.75) is 20.0 Å². The van der Waals surface area contributed by atoms with Crippen molar-refractivity contribution in [3.05, 3.63) is 54.4 Å². The fourth-order valence-corrected chi connectivity index (χ4v) is 2.49. The first-order valence-corrected chi connectivity index (χ1v) is 9.64. The number of ether oxygens (including phenoxy) is 2. The summed E-state index contributed by atoms with van der Waals surface area (Å²) >= 11 is 0. The van der Waals surface area contributed by atoms with Crippen molar-refractivity contribution in [1.29, 1.82) is 0 Å². The van der Waals surface area contributed by atoms with Crippen molar-refractivity contribution in [3.8, 4) is 11.5 Å². The summed E-state index contributed by atoms with van der Waals surface area (Å²) < 4.78 is 11.2. The summed E-state index contributed by atoms with van der Waals surface area (Å²) in [5.74, 6) is 1.89. The summed E-state index contributed by atoms with van der Waals surface area (Å²) in [6, 6.07) is 11.0. The van der Waals surface area contributed by atoms with E-state index in [1.807, 2.05) is 38.1 Å². The highest BCUT2D eigenvalue weighted by Crippen LogP contribution is 2.26. The number of para-hydroxylation sites is 2. The second-order valence-corrected chi connectivity index (χ2v) is 6.22. The van der Waals surface area contributed by atoms with Crippen LogP contribution < -0.4 is 25.4 Å². The zero-order chi connectivity index (χ0) is 20.9. The maximum Gasteiger partial charge on any atom is 0.252 e. The SMILES string of the molecule is CCNC(=NCC(C)Oc1ccccc1OC)NCCNC(=O)c1cccnc1. The molecule has 0 aliphatic heterocycles. The molecule has 2 aromatic rings. The molecule has 0 fully saturated rings. The number of aromatic nitrogens is 1. The van der Waals surface area contributed by atoms with E-state index in [-0.39, 0.29) is 12.0 Å². The average Bonchev–Trinajstić information content (AvgIpc) is 2.75. The Hall–Kier alpha value is -3.29. The maximum absolute atomic E-state index is 12.0. The molecule has 8 heteroatoms. The van der Waals surface area contributed by atoms with E-state index in [9.17, 15) is 4.79 Å². The lowest BCUT2D eigenvalue weighted by atomic mass is 10.3. The first kappa shape index (κ1) is 22.0. The Labute approximate surface area is 171 Å². The minimum Gasteiger partial charge on any atom is -0.493 e. The number of pyridine rings is 1. The van der Waals surface area contributed by atoms with E-state index in [0.29, 0.717) is 42.7 Å². The number of nitrogens with one attached hydrogen (secondary N) is 3. The van der Waals surface area contributed by atoms with Gasteiger partial charge in [-0.15, -0.1) is 0 Å². The molecule has 0 aliphatic rings. The van der Waals surface area contributed by atoms with Crippen molar-refractivity contribution in [2.24, 2.45) is 4.99 Å². The number of nitrogens with zero attached hydrogens (tertiary/aromatic N) is 2. The monoisotopic (exact) mass is 399 g/mol. The number of carbonyl (C=O) groups excluding carboxylic acids is 1. The van der Waals surface area contributed by atoms with Crippen LogP contribution in [0.25, 0.3) is 0 Å². The molecular weight excluding hydrogens is 370 g/mol. The summed E-state index contributed by atoms with van der Waals surface area (Å²) in [5.41, 5.74) is 0.537. The van der Waals surface area contributed by atoms with Gasteiger partial charge in [-0.1, -0.05) is 12.1 Å². The molecule has 0 saturated heterocycles. The fraction of sp³-hybridized carbons (Fsp3) is 0.381. The molecule has 0 spiro atoms. The van der Waals surface area contributed by atoms with Gasteiger partial charge in [-0.25, -0.2) is 4.99 Å². The van der Waals surface area contributed by atoms with Gasteiger partial charge < -0.3 is 25.4 Å². The van der Waals surface area contributed by atoms with Gasteiger partial charge in [0.05, 0.1) is 19.2 Å².